The minimum atomic E-state index is -0.624. The normalized spacial score (nSPS) is 12.0. The van der Waals surface area contributed by atoms with E-state index in [-0.39, 0.29) is 12.5 Å². The summed E-state index contributed by atoms with van der Waals surface area (Å²) in [6.45, 7) is 4.15. The topological polar surface area (TPSA) is 58.6 Å². The Kier molecular flexibility index (Phi) is 6.67. The number of rotatable bonds is 7. The van der Waals surface area contributed by atoms with Crippen molar-refractivity contribution >= 4 is 17.5 Å². The lowest BCUT2D eigenvalue weighted by atomic mass is 10.2. The molecule has 1 unspecified atom stereocenters. The standard InChI is InChI=1S/C14H20ClNO3/c1-3-4-8-16-14(18)10(2)19-13-7-5-6-12(15)11(13)9-17/h5-7,10,17H,3-4,8-9H2,1-2H3,(H,16,18). The van der Waals surface area contributed by atoms with E-state index >= 15 is 0 Å². The minimum absolute atomic E-state index is 0.169. The zero-order valence-corrected chi connectivity index (χ0v) is 12.0. The molecule has 4 nitrogen and oxygen atoms in total. The lowest BCUT2D eigenvalue weighted by molar-refractivity contribution is -0.127. The number of hydrogen-bond acceptors (Lipinski definition) is 3. The van der Waals surface area contributed by atoms with Crippen LogP contribution in [0.5, 0.6) is 5.75 Å². The number of amides is 1. The van der Waals surface area contributed by atoms with Crippen LogP contribution in [-0.4, -0.2) is 23.7 Å². The van der Waals surface area contributed by atoms with Crippen LogP contribution in [0.2, 0.25) is 5.02 Å². The minimum Gasteiger partial charge on any atom is -0.480 e. The van der Waals surface area contributed by atoms with Crippen LogP contribution in [0.1, 0.15) is 32.3 Å². The van der Waals surface area contributed by atoms with Gasteiger partial charge in [0.2, 0.25) is 0 Å². The van der Waals surface area contributed by atoms with E-state index < -0.39 is 6.10 Å². The number of carbonyl (C=O) groups is 1. The Bertz CT molecular complexity index is 423. The first-order chi connectivity index (χ1) is 9.10. The fourth-order valence-electron chi connectivity index (χ4n) is 1.58. The van der Waals surface area contributed by atoms with Crippen molar-refractivity contribution in [3.63, 3.8) is 0 Å². The molecule has 0 saturated heterocycles. The Morgan fingerprint density at radius 3 is 2.89 bits per heavy atom. The van der Waals surface area contributed by atoms with Crippen molar-refractivity contribution in [3.8, 4) is 5.75 Å². The molecule has 5 heteroatoms. The Hall–Kier alpha value is -1.26. The van der Waals surface area contributed by atoms with Crippen LogP contribution in [0.4, 0.5) is 0 Å². The van der Waals surface area contributed by atoms with Crippen molar-refractivity contribution in [2.24, 2.45) is 0 Å². The molecule has 1 aromatic carbocycles. The summed E-state index contributed by atoms with van der Waals surface area (Å²) >= 11 is 5.95. The third-order valence-electron chi connectivity index (χ3n) is 2.74. The van der Waals surface area contributed by atoms with Crippen LogP contribution < -0.4 is 10.1 Å². The highest BCUT2D eigenvalue weighted by Gasteiger charge is 2.16. The van der Waals surface area contributed by atoms with Gasteiger partial charge in [-0.05, 0) is 25.5 Å². The molecule has 19 heavy (non-hydrogen) atoms. The first-order valence-corrected chi connectivity index (χ1v) is 6.80. The molecule has 0 bridgehead atoms. The summed E-state index contributed by atoms with van der Waals surface area (Å²) in [5, 5.41) is 12.5. The molecule has 2 N–H and O–H groups in total. The van der Waals surface area contributed by atoms with Gasteiger partial charge in [-0.1, -0.05) is 31.0 Å². The molecule has 0 fully saturated rings. The first kappa shape index (κ1) is 15.8. The third-order valence-corrected chi connectivity index (χ3v) is 3.09. The van der Waals surface area contributed by atoms with Gasteiger partial charge in [0.1, 0.15) is 5.75 Å². The Morgan fingerprint density at radius 2 is 2.26 bits per heavy atom. The van der Waals surface area contributed by atoms with Crippen LogP contribution in [0.3, 0.4) is 0 Å². The molecule has 1 aromatic rings. The molecule has 0 aromatic heterocycles. The monoisotopic (exact) mass is 285 g/mol. The number of ether oxygens (including phenoxy) is 1. The molecule has 0 aliphatic heterocycles. The highest BCUT2D eigenvalue weighted by molar-refractivity contribution is 6.31. The Balaban J connectivity index is 2.63. The summed E-state index contributed by atoms with van der Waals surface area (Å²) < 4.78 is 5.55. The SMILES string of the molecule is CCCCNC(=O)C(C)Oc1cccc(Cl)c1CO. The Morgan fingerprint density at radius 1 is 1.53 bits per heavy atom. The van der Waals surface area contributed by atoms with Gasteiger partial charge in [-0.2, -0.15) is 0 Å². The van der Waals surface area contributed by atoms with Gasteiger partial charge in [0, 0.05) is 17.1 Å². The maximum atomic E-state index is 11.8. The van der Waals surface area contributed by atoms with Gasteiger partial charge in [0.15, 0.2) is 6.10 Å². The molecule has 0 saturated carbocycles. The van der Waals surface area contributed by atoms with Crippen molar-refractivity contribution in [1.29, 1.82) is 0 Å². The Labute approximate surface area is 118 Å². The summed E-state index contributed by atoms with van der Waals surface area (Å²) in [5.41, 5.74) is 0.498. The molecule has 106 valence electrons. The predicted molar refractivity (Wildman–Crippen MR) is 75.4 cm³/mol. The van der Waals surface area contributed by atoms with Gasteiger partial charge in [-0.3, -0.25) is 4.79 Å². The number of unbranched alkanes of at least 4 members (excludes halogenated alkanes) is 1. The third kappa shape index (κ3) is 4.73. The molecule has 1 amide bonds. The second-order valence-electron chi connectivity index (χ2n) is 4.28. The average Bonchev–Trinajstić information content (AvgIpc) is 2.39. The molecule has 0 spiro atoms. The lowest BCUT2D eigenvalue weighted by Crippen LogP contribution is -2.36. The average molecular weight is 286 g/mol. The molecule has 0 aliphatic carbocycles. The molecule has 0 radical (unpaired) electrons. The number of benzene rings is 1. The second-order valence-corrected chi connectivity index (χ2v) is 4.69. The number of aliphatic hydroxyl groups is 1. The van der Waals surface area contributed by atoms with Crippen LogP contribution >= 0.6 is 11.6 Å². The zero-order chi connectivity index (χ0) is 14.3. The number of carbonyl (C=O) groups excluding carboxylic acids is 1. The molecular weight excluding hydrogens is 266 g/mol. The van der Waals surface area contributed by atoms with Crippen LogP contribution in [0.25, 0.3) is 0 Å². The van der Waals surface area contributed by atoms with Crippen molar-refractivity contribution in [2.45, 2.75) is 39.4 Å². The van der Waals surface area contributed by atoms with E-state index in [1.165, 1.54) is 0 Å². The van der Waals surface area contributed by atoms with E-state index in [1.54, 1.807) is 25.1 Å². The van der Waals surface area contributed by atoms with Gasteiger partial charge < -0.3 is 15.2 Å². The van der Waals surface area contributed by atoms with Crippen molar-refractivity contribution in [1.82, 2.24) is 5.32 Å². The molecule has 0 aliphatic rings. The number of halogens is 1. The quantitative estimate of drug-likeness (QED) is 0.757. The predicted octanol–water partition coefficient (Wildman–Crippen LogP) is 2.52. The van der Waals surface area contributed by atoms with Crippen LogP contribution in [0.15, 0.2) is 18.2 Å². The number of aliphatic hydroxyl groups excluding tert-OH is 1. The number of hydrogen-bond donors (Lipinski definition) is 2. The van der Waals surface area contributed by atoms with Gasteiger partial charge in [-0.25, -0.2) is 0 Å². The van der Waals surface area contributed by atoms with E-state index in [9.17, 15) is 9.90 Å². The maximum Gasteiger partial charge on any atom is 0.260 e. The highest BCUT2D eigenvalue weighted by Crippen LogP contribution is 2.27. The van der Waals surface area contributed by atoms with Gasteiger partial charge in [-0.15, -0.1) is 0 Å². The zero-order valence-electron chi connectivity index (χ0n) is 11.3. The van der Waals surface area contributed by atoms with Crippen LogP contribution in [0, 0.1) is 0 Å². The smallest absolute Gasteiger partial charge is 0.260 e. The van der Waals surface area contributed by atoms with E-state index in [4.69, 9.17) is 16.3 Å². The summed E-state index contributed by atoms with van der Waals surface area (Å²) in [7, 11) is 0. The number of nitrogens with one attached hydrogen (secondary N) is 1. The van der Waals surface area contributed by atoms with Gasteiger partial charge in [0.25, 0.3) is 5.91 Å². The van der Waals surface area contributed by atoms with E-state index in [1.807, 2.05) is 0 Å². The van der Waals surface area contributed by atoms with Gasteiger partial charge >= 0.3 is 0 Å². The van der Waals surface area contributed by atoms with Crippen molar-refractivity contribution in [3.05, 3.63) is 28.8 Å². The van der Waals surface area contributed by atoms with E-state index in [0.717, 1.165) is 12.8 Å². The molecule has 1 rings (SSSR count). The fourth-order valence-corrected chi connectivity index (χ4v) is 1.80. The second kappa shape index (κ2) is 8.02. The maximum absolute atomic E-state index is 11.8. The lowest BCUT2D eigenvalue weighted by Gasteiger charge is -2.17. The van der Waals surface area contributed by atoms with E-state index in [0.29, 0.717) is 22.9 Å². The van der Waals surface area contributed by atoms with Crippen molar-refractivity contribution < 1.29 is 14.6 Å². The summed E-state index contributed by atoms with van der Waals surface area (Å²) in [5.74, 6) is 0.269. The molecule has 0 heterocycles. The van der Waals surface area contributed by atoms with Gasteiger partial charge in [0.05, 0.1) is 6.61 Å². The fraction of sp³-hybridized carbons (Fsp3) is 0.500. The largest absolute Gasteiger partial charge is 0.480 e. The molecule has 1 atom stereocenters. The van der Waals surface area contributed by atoms with Crippen LogP contribution in [-0.2, 0) is 11.4 Å². The van der Waals surface area contributed by atoms with Crippen molar-refractivity contribution in [2.75, 3.05) is 6.54 Å². The first-order valence-electron chi connectivity index (χ1n) is 6.42. The van der Waals surface area contributed by atoms with E-state index in [2.05, 4.69) is 12.2 Å². The summed E-state index contributed by atoms with van der Waals surface area (Å²) in [6.07, 6.45) is 1.34. The summed E-state index contributed by atoms with van der Waals surface area (Å²) in [6, 6.07) is 5.08. The summed E-state index contributed by atoms with van der Waals surface area (Å²) in [4.78, 5) is 11.8. The molecular formula is C14H20ClNO3. The highest BCUT2D eigenvalue weighted by atomic mass is 35.5.